The van der Waals surface area contributed by atoms with Crippen LogP contribution in [0.25, 0.3) is 0 Å². The monoisotopic (exact) mass is 324 g/mol. The van der Waals surface area contributed by atoms with E-state index < -0.39 is 10.1 Å². The van der Waals surface area contributed by atoms with Crippen molar-refractivity contribution >= 4 is 16.1 Å². The van der Waals surface area contributed by atoms with Gasteiger partial charge in [-0.2, -0.15) is 8.42 Å². The maximum atomic E-state index is 12.2. The van der Waals surface area contributed by atoms with Crippen molar-refractivity contribution < 1.29 is 22.1 Å². The van der Waals surface area contributed by atoms with E-state index in [0.717, 1.165) is 18.4 Å². The lowest BCUT2D eigenvalue weighted by Crippen LogP contribution is -2.53. The lowest BCUT2D eigenvalue weighted by Gasteiger charge is -2.56. The van der Waals surface area contributed by atoms with Crippen molar-refractivity contribution in [2.24, 2.45) is 11.3 Å². The highest BCUT2D eigenvalue weighted by Crippen LogP contribution is 2.60. The fourth-order valence-corrected chi connectivity index (χ4v) is 4.64. The molecule has 0 saturated heterocycles. The topological polar surface area (TPSA) is 69.7 Å². The summed E-state index contributed by atoms with van der Waals surface area (Å²) in [5.74, 6) is -0.193. The first-order chi connectivity index (χ1) is 10.3. The standard InChI is InChI=1S/C16H20O5S/c1-11-3-5-14(6-4-11)22(18,19)21-13-9-16(10-13)7-12(8-16)15(17)20-2/h3-6,12-13H,7-10H2,1-2H3. The van der Waals surface area contributed by atoms with E-state index in [1.165, 1.54) is 7.11 Å². The largest absolute Gasteiger partial charge is 0.469 e. The van der Waals surface area contributed by atoms with Crippen molar-refractivity contribution in [3.05, 3.63) is 29.8 Å². The molecule has 2 aliphatic rings. The summed E-state index contributed by atoms with van der Waals surface area (Å²) in [4.78, 5) is 11.6. The molecular formula is C16H20O5S. The lowest BCUT2D eigenvalue weighted by molar-refractivity contribution is -0.164. The number of hydrogen-bond acceptors (Lipinski definition) is 5. The Morgan fingerprint density at radius 2 is 1.73 bits per heavy atom. The van der Waals surface area contributed by atoms with Crippen molar-refractivity contribution in [2.75, 3.05) is 7.11 Å². The molecule has 0 unspecified atom stereocenters. The summed E-state index contributed by atoms with van der Waals surface area (Å²) in [6.45, 7) is 1.90. The third-order valence-corrected chi connectivity index (χ3v) is 6.16. The molecule has 1 spiro atoms. The predicted octanol–water partition coefficient (Wildman–Crippen LogP) is 2.43. The summed E-state index contributed by atoms with van der Waals surface area (Å²) in [5.41, 5.74) is 1.09. The van der Waals surface area contributed by atoms with Crippen molar-refractivity contribution in [1.82, 2.24) is 0 Å². The zero-order valence-electron chi connectivity index (χ0n) is 12.7. The van der Waals surface area contributed by atoms with E-state index >= 15 is 0 Å². The molecule has 3 rings (SSSR count). The van der Waals surface area contributed by atoms with Gasteiger partial charge in [0, 0.05) is 0 Å². The van der Waals surface area contributed by atoms with Crippen LogP contribution in [0.3, 0.4) is 0 Å². The van der Waals surface area contributed by atoms with Crippen molar-refractivity contribution in [2.45, 2.75) is 43.6 Å². The van der Waals surface area contributed by atoms with Crippen LogP contribution in [0, 0.1) is 18.3 Å². The van der Waals surface area contributed by atoms with E-state index in [9.17, 15) is 13.2 Å². The second-order valence-electron chi connectivity index (χ2n) is 6.52. The third-order valence-electron chi connectivity index (χ3n) is 4.79. The summed E-state index contributed by atoms with van der Waals surface area (Å²) in [5, 5.41) is 0. The Morgan fingerprint density at radius 1 is 1.14 bits per heavy atom. The van der Waals surface area contributed by atoms with Crippen molar-refractivity contribution in [1.29, 1.82) is 0 Å². The van der Waals surface area contributed by atoms with E-state index in [-0.39, 0.29) is 28.3 Å². The quantitative estimate of drug-likeness (QED) is 0.628. The van der Waals surface area contributed by atoms with Crippen molar-refractivity contribution in [3.63, 3.8) is 0 Å². The average Bonchev–Trinajstić information content (AvgIpc) is 2.39. The smallest absolute Gasteiger partial charge is 0.308 e. The number of esters is 1. The van der Waals surface area contributed by atoms with Crippen LogP contribution in [0.15, 0.2) is 29.2 Å². The van der Waals surface area contributed by atoms with Gasteiger partial charge < -0.3 is 4.74 Å². The van der Waals surface area contributed by atoms with Crippen molar-refractivity contribution in [3.8, 4) is 0 Å². The molecule has 0 heterocycles. The van der Waals surface area contributed by atoms with E-state index in [0.29, 0.717) is 12.8 Å². The van der Waals surface area contributed by atoms with Gasteiger partial charge in [-0.3, -0.25) is 8.98 Å². The number of benzene rings is 1. The molecule has 0 radical (unpaired) electrons. The van der Waals surface area contributed by atoms with Gasteiger partial charge in [0.1, 0.15) is 0 Å². The Labute approximate surface area is 130 Å². The lowest BCUT2D eigenvalue weighted by atomic mass is 9.51. The van der Waals surface area contributed by atoms with Crippen LogP contribution in [0.1, 0.15) is 31.2 Å². The summed E-state index contributed by atoms with van der Waals surface area (Å²) in [7, 11) is -2.30. The first kappa shape index (κ1) is 15.5. The number of carbonyl (C=O) groups is 1. The highest BCUT2D eigenvalue weighted by atomic mass is 32.2. The fraction of sp³-hybridized carbons (Fsp3) is 0.562. The molecule has 0 aromatic heterocycles. The number of aryl methyl sites for hydroxylation is 1. The van der Waals surface area contributed by atoms with E-state index in [1.807, 2.05) is 6.92 Å². The third kappa shape index (κ3) is 2.77. The van der Waals surface area contributed by atoms with Gasteiger partial charge in [-0.05, 0) is 50.2 Å². The van der Waals surface area contributed by atoms with Gasteiger partial charge in [0.2, 0.25) is 0 Å². The Bertz CT molecular complexity index is 663. The second-order valence-corrected chi connectivity index (χ2v) is 8.09. The Balaban J connectivity index is 1.54. The van der Waals surface area contributed by atoms with Gasteiger partial charge in [-0.15, -0.1) is 0 Å². The molecule has 2 fully saturated rings. The Kier molecular flexibility index (Phi) is 3.77. The Morgan fingerprint density at radius 3 is 2.27 bits per heavy atom. The van der Waals surface area contributed by atoms with Crippen LogP contribution < -0.4 is 0 Å². The maximum Gasteiger partial charge on any atom is 0.308 e. The fourth-order valence-electron chi connectivity index (χ4n) is 3.57. The molecule has 0 aliphatic heterocycles. The summed E-state index contributed by atoms with van der Waals surface area (Å²) in [6, 6.07) is 6.64. The normalized spacial score (nSPS) is 30.5. The van der Waals surface area contributed by atoms with Crippen LogP contribution in [0.2, 0.25) is 0 Å². The highest BCUT2D eigenvalue weighted by molar-refractivity contribution is 7.86. The zero-order valence-corrected chi connectivity index (χ0v) is 13.6. The van der Waals surface area contributed by atoms with Gasteiger partial charge in [-0.25, -0.2) is 0 Å². The molecule has 0 bridgehead atoms. The van der Waals surface area contributed by atoms with Gasteiger partial charge in [-0.1, -0.05) is 17.7 Å². The van der Waals surface area contributed by atoms with E-state index in [2.05, 4.69) is 0 Å². The highest BCUT2D eigenvalue weighted by Gasteiger charge is 2.56. The van der Waals surface area contributed by atoms with Crippen LogP contribution >= 0.6 is 0 Å². The van der Waals surface area contributed by atoms with Gasteiger partial charge in [0.15, 0.2) is 0 Å². The molecule has 6 heteroatoms. The minimum atomic E-state index is -3.70. The summed E-state index contributed by atoms with van der Waals surface area (Å²) < 4.78 is 34.4. The number of methoxy groups -OCH3 is 1. The summed E-state index contributed by atoms with van der Waals surface area (Å²) >= 11 is 0. The second kappa shape index (κ2) is 5.35. The molecule has 1 aromatic rings. The van der Waals surface area contributed by atoms with E-state index in [4.69, 9.17) is 8.92 Å². The molecule has 5 nitrogen and oxygen atoms in total. The Hall–Kier alpha value is -1.40. The minimum absolute atomic E-state index is 0.0281. The average molecular weight is 324 g/mol. The van der Waals surface area contributed by atoms with Crippen LogP contribution in [0.5, 0.6) is 0 Å². The molecule has 1 aromatic carbocycles. The molecule has 22 heavy (non-hydrogen) atoms. The van der Waals surface area contributed by atoms with Crippen LogP contribution in [0.4, 0.5) is 0 Å². The molecular weight excluding hydrogens is 304 g/mol. The molecule has 0 amide bonds. The predicted molar refractivity (Wildman–Crippen MR) is 79.6 cm³/mol. The SMILES string of the molecule is COC(=O)C1CC2(CC(OS(=O)(=O)c3ccc(C)cc3)C2)C1. The molecule has 120 valence electrons. The van der Waals surface area contributed by atoms with Gasteiger partial charge in [0.05, 0.1) is 24.0 Å². The minimum Gasteiger partial charge on any atom is -0.469 e. The molecule has 2 saturated carbocycles. The maximum absolute atomic E-state index is 12.2. The molecule has 2 aliphatic carbocycles. The van der Waals surface area contributed by atoms with Crippen LogP contribution in [-0.2, 0) is 23.8 Å². The first-order valence-electron chi connectivity index (χ1n) is 7.41. The zero-order chi connectivity index (χ0) is 16.0. The number of ether oxygens (including phenoxy) is 1. The van der Waals surface area contributed by atoms with Gasteiger partial charge >= 0.3 is 5.97 Å². The molecule has 0 N–H and O–H groups in total. The molecule has 0 atom stereocenters. The van der Waals surface area contributed by atoms with Gasteiger partial charge in [0.25, 0.3) is 10.1 Å². The first-order valence-corrected chi connectivity index (χ1v) is 8.82. The number of hydrogen-bond donors (Lipinski definition) is 0. The van der Waals surface area contributed by atoms with Crippen LogP contribution in [-0.4, -0.2) is 27.6 Å². The number of carbonyl (C=O) groups excluding carboxylic acids is 1. The van der Waals surface area contributed by atoms with E-state index in [1.54, 1.807) is 24.3 Å². The number of rotatable bonds is 4. The summed E-state index contributed by atoms with van der Waals surface area (Å²) in [6.07, 6.45) is 2.69.